The molecule has 1 unspecified atom stereocenters. The number of rotatable bonds is 54. The molecule has 0 heterocycles. The Kier molecular flexibility index (Phi) is 59.5. The Hall–Kier alpha value is -4.97. The van der Waals surface area contributed by atoms with E-state index in [2.05, 4.69) is 167 Å². The molecule has 0 aromatic rings. The van der Waals surface area contributed by atoms with Gasteiger partial charge in [0.25, 0.3) is 0 Å². The van der Waals surface area contributed by atoms with Gasteiger partial charge in [0.2, 0.25) is 0 Å². The molecule has 0 rings (SSSR count). The lowest BCUT2D eigenvalue weighted by molar-refractivity contribution is -0.166. The van der Waals surface area contributed by atoms with Crippen molar-refractivity contribution in [3.05, 3.63) is 158 Å². The molecule has 6 nitrogen and oxygen atoms in total. The van der Waals surface area contributed by atoms with E-state index in [9.17, 15) is 14.4 Å². The van der Waals surface area contributed by atoms with Gasteiger partial charge < -0.3 is 14.2 Å². The van der Waals surface area contributed by atoms with E-state index in [1.54, 1.807) is 6.08 Å². The Labute approximate surface area is 473 Å². The minimum atomic E-state index is -0.843. The van der Waals surface area contributed by atoms with Crippen LogP contribution in [0.1, 0.15) is 252 Å². The number of esters is 3. The van der Waals surface area contributed by atoms with Crippen LogP contribution >= 0.6 is 0 Å². The summed E-state index contributed by atoms with van der Waals surface area (Å²) in [6.07, 6.45) is 92.8. The van der Waals surface area contributed by atoms with Crippen molar-refractivity contribution in [3.8, 4) is 0 Å². The van der Waals surface area contributed by atoms with Crippen molar-refractivity contribution in [2.24, 2.45) is 0 Å². The summed E-state index contributed by atoms with van der Waals surface area (Å²) in [5, 5.41) is 0. The predicted octanol–water partition coefficient (Wildman–Crippen LogP) is 21.3. The Morgan fingerprint density at radius 3 is 0.870 bits per heavy atom. The van der Waals surface area contributed by atoms with Gasteiger partial charge in [0.1, 0.15) is 13.2 Å². The molecule has 0 saturated heterocycles. The molecule has 0 aromatic carbocycles. The second-order valence-corrected chi connectivity index (χ2v) is 19.9. The number of ether oxygens (including phenoxy) is 3. The SMILES string of the molecule is CC/C=C\C/C=C\C/C=C\C/C=C\C/C=C\C/C=C\C/C=C\CCCCCCCCCCCCCC(=O)OCC(COC(=O)CCCCCCC/C=C\CCCC)OC(=O)C/C=C\C/C=C\C/C=C\C/C=C\C/C=C\CC. The van der Waals surface area contributed by atoms with E-state index >= 15 is 0 Å². The smallest absolute Gasteiger partial charge is 0.310 e. The lowest BCUT2D eigenvalue weighted by Gasteiger charge is -2.18. The molecule has 0 saturated carbocycles. The largest absolute Gasteiger partial charge is 0.462 e. The monoisotopic (exact) mass is 1060 g/mol. The molecule has 0 aliphatic heterocycles. The molecule has 0 aliphatic rings. The summed E-state index contributed by atoms with van der Waals surface area (Å²) in [5.74, 6) is -1.08. The van der Waals surface area contributed by atoms with E-state index in [1.807, 2.05) is 6.08 Å². The zero-order chi connectivity index (χ0) is 55.7. The van der Waals surface area contributed by atoms with Crippen LogP contribution in [0, 0.1) is 0 Å². The summed E-state index contributed by atoms with van der Waals surface area (Å²) in [5.41, 5.74) is 0. The van der Waals surface area contributed by atoms with Crippen molar-refractivity contribution in [2.75, 3.05) is 13.2 Å². The fourth-order valence-electron chi connectivity index (χ4n) is 7.95. The molecular weight excluding hydrogens is 949 g/mol. The molecule has 1 atom stereocenters. The Bertz CT molecular complexity index is 1740. The molecule has 0 bridgehead atoms. The highest BCUT2D eigenvalue weighted by atomic mass is 16.6. The molecule has 432 valence electrons. The van der Waals surface area contributed by atoms with E-state index in [4.69, 9.17) is 14.2 Å². The van der Waals surface area contributed by atoms with Gasteiger partial charge in [-0.15, -0.1) is 0 Å². The van der Waals surface area contributed by atoms with Crippen LogP contribution in [0.5, 0.6) is 0 Å². The van der Waals surface area contributed by atoms with E-state index in [1.165, 1.54) is 83.5 Å². The molecular formula is C71H112O6. The number of carbonyl (C=O) groups excluding carboxylic acids is 3. The molecule has 0 fully saturated rings. The first kappa shape index (κ1) is 72.0. The van der Waals surface area contributed by atoms with Gasteiger partial charge in [-0.2, -0.15) is 0 Å². The topological polar surface area (TPSA) is 78.9 Å². The molecule has 6 heteroatoms. The summed E-state index contributed by atoms with van der Waals surface area (Å²) in [7, 11) is 0. The lowest BCUT2D eigenvalue weighted by Crippen LogP contribution is -2.30. The predicted molar refractivity (Wildman–Crippen MR) is 334 cm³/mol. The van der Waals surface area contributed by atoms with E-state index in [-0.39, 0.29) is 31.6 Å². The van der Waals surface area contributed by atoms with E-state index in [0.29, 0.717) is 19.3 Å². The van der Waals surface area contributed by atoms with Crippen molar-refractivity contribution >= 4 is 17.9 Å². The number of allylic oxidation sites excluding steroid dienone is 25. The maximum Gasteiger partial charge on any atom is 0.310 e. The van der Waals surface area contributed by atoms with Crippen molar-refractivity contribution in [2.45, 2.75) is 258 Å². The van der Waals surface area contributed by atoms with E-state index in [0.717, 1.165) is 122 Å². The second kappa shape index (κ2) is 63.6. The summed E-state index contributed by atoms with van der Waals surface area (Å²) in [6.45, 7) is 6.27. The van der Waals surface area contributed by atoms with Gasteiger partial charge in [-0.05, 0) is 122 Å². The molecule has 0 N–H and O–H groups in total. The van der Waals surface area contributed by atoms with Crippen LogP contribution in [0.3, 0.4) is 0 Å². The van der Waals surface area contributed by atoms with Crippen LogP contribution in [0.4, 0.5) is 0 Å². The van der Waals surface area contributed by atoms with Gasteiger partial charge in [-0.3, -0.25) is 14.4 Å². The van der Waals surface area contributed by atoms with E-state index < -0.39 is 12.1 Å². The standard InChI is InChI=1S/C71H112O6/c1-4-7-10-13-16-19-22-24-26-27-28-29-30-31-32-33-34-35-36-37-38-39-40-41-42-43-45-46-49-52-55-58-61-64-70(73)76-67-68(66-75-69(72)63-60-57-54-51-48-21-18-15-12-9-6-3)77-71(74)65-62-59-56-53-50-47-44-25-23-20-17-14-11-8-5-2/h7-8,10-11,15-20,24-26,28-29,31-32,34-35,37-38,44,50,53,59,62,68H,4-6,9,12-14,21-23,27,30,33,36,39-43,45-49,51-52,54-58,60-61,63-67H2,1-3H3/b10-7-,11-8-,18-15-,19-16-,20-17-,26-24-,29-28-,32-31-,35-34-,38-37-,44-25-,53-50-,62-59-. The van der Waals surface area contributed by atoms with Crippen molar-refractivity contribution in [1.82, 2.24) is 0 Å². The average Bonchev–Trinajstić information content (AvgIpc) is 3.43. The Morgan fingerprint density at radius 1 is 0.286 bits per heavy atom. The van der Waals surface area contributed by atoms with Gasteiger partial charge in [0.05, 0.1) is 6.42 Å². The molecule has 0 radical (unpaired) electrons. The zero-order valence-corrected chi connectivity index (χ0v) is 49.4. The number of carbonyl (C=O) groups is 3. The summed E-state index contributed by atoms with van der Waals surface area (Å²) >= 11 is 0. The molecule has 77 heavy (non-hydrogen) atoms. The van der Waals surface area contributed by atoms with Gasteiger partial charge in [0.15, 0.2) is 6.10 Å². The fourth-order valence-corrected chi connectivity index (χ4v) is 7.95. The van der Waals surface area contributed by atoms with Gasteiger partial charge in [0, 0.05) is 12.8 Å². The summed E-state index contributed by atoms with van der Waals surface area (Å²) in [4.78, 5) is 38.1. The van der Waals surface area contributed by atoms with Crippen molar-refractivity contribution in [1.29, 1.82) is 0 Å². The highest BCUT2D eigenvalue weighted by Gasteiger charge is 2.19. The number of hydrogen-bond donors (Lipinski definition) is 0. The highest BCUT2D eigenvalue weighted by molar-refractivity contribution is 5.72. The first-order valence-corrected chi connectivity index (χ1v) is 31.0. The van der Waals surface area contributed by atoms with Crippen LogP contribution < -0.4 is 0 Å². The first-order chi connectivity index (χ1) is 38.0. The van der Waals surface area contributed by atoms with Crippen LogP contribution in [-0.2, 0) is 28.6 Å². The van der Waals surface area contributed by atoms with Gasteiger partial charge in [-0.25, -0.2) is 0 Å². The van der Waals surface area contributed by atoms with Crippen LogP contribution in [-0.4, -0.2) is 37.2 Å². The van der Waals surface area contributed by atoms with Crippen LogP contribution in [0.15, 0.2) is 158 Å². The van der Waals surface area contributed by atoms with Crippen molar-refractivity contribution < 1.29 is 28.6 Å². The third-order valence-electron chi connectivity index (χ3n) is 12.5. The number of unbranched alkanes of at least 4 members (excludes halogenated alkanes) is 18. The lowest BCUT2D eigenvalue weighted by atomic mass is 10.0. The van der Waals surface area contributed by atoms with Gasteiger partial charge in [-0.1, -0.05) is 269 Å². The fraction of sp³-hybridized carbons (Fsp3) is 0.592. The van der Waals surface area contributed by atoms with Crippen LogP contribution in [0.25, 0.3) is 0 Å². The zero-order valence-electron chi connectivity index (χ0n) is 49.4. The third kappa shape index (κ3) is 61.8. The van der Waals surface area contributed by atoms with Gasteiger partial charge >= 0.3 is 17.9 Å². The maximum atomic E-state index is 12.8. The molecule has 0 aromatic heterocycles. The minimum absolute atomic E-state index is 0.0889. The minimum Gasteiger partial charge on any atom is -0.462 e. The summed E-state index contributed by atoms with van der Waals surface area (Å²) in [6, 6.07) is 0. The maximum absolute atomic E-state index is 12.8. The second-order valence-electron chi connectivity index (χ2n) is 19.9. The Balaban J connectivity index is 4.28. The highest BCUT2D eigenvalue weighted by Crippen LogP contribution is 2.14. The van der Waals surface area contributed by atoms with Crippen LogP contribution in [0.2, 0.25) is 0 Å². The molecule has 0 amide bonds. The quantitative estimate of drug-likeness (QED) is 0.0261. The number of hydrogen-bond acceptors (Lipinski definition) is 6. The average molecular weight is 1060 g/mol. The molecule has 0 spiro atoms. The van der Waals surface area contributed by atoms with Crippen molar-refractivity contribution in [3.63, 3.8) is 0 Å². The molecule has 0 aliphatic carbocycles. The first-order valence-electron chi connectivity index (χ1n) is 31.0. The summed E-state index contributed by atoms with van der Waals surface area (Å²) < 4.78 is 16.7. The third-order valence-corrected chi connectivity index (χ3v) is 12.5. The normalized spacial score (nSPS) is 13.2. The Morgan fingerprint density at radius 2 is 0.545 bits per heavy atom.